The molecule has 0 radical (unpaired) electrons. The number of nitrogens with zero attached hydrogens (tertiary/aromatic N) is 2. The van der Waals surface area contributed by atoms with Gasteiger partial charge in [-0.15, -0.1) is 0 Å². The molecule has 4 heteroatoms. The maximum absolute atomic E-state index is 5.48. The molecule has 2 rings (SSSR count). The van der Waals surface area contributed by atoms with Crippen LogP contribution in [0.3, 0.4) is 0 Å². The zero-order valence-electron chi connectivity index (χ0n) is 7.19. The highest BCUT2D eigenvalue weighted by Crippen LogP contribution is 2.07. The van der Waals surface area contributed by atoms with Gasteiger partial charge in [0.1, 0.15) is 16.3 Å². The van der Waals surface area contributed by atoms with Crippen molar-refractivity contribution in [3.8, 4) is 0 Å². The molecule has 3 nitrogen and oxygen atoms in total. The summed E-state index contributed by atoms with van der Waals surface area (Å²) in [6.07, 6.45) is 1.85. The van der Waals surface area contributed by atoms with Crippen molar-refractivity contribution in [2.75, 3.05) is 0 Å². The van der Waals surface area contributed by atoms with Gasteiger partial charge in [0, 0.05) is 11.9 Å². The molecule has 0 bridgehead atoms. The summed E-state index contributed by atoms with van der Waals surface area (Å²) in [6.45, 7) is 2.01. The molecule has 0 aromatic carbocycles. The van der Waals surface area contributed by atoms with E-state index in [4.69, 9.17) is 18.0 Å². The van der Waals surface area contributed by atoms with Crippen LogP contribution in [0.1, 0.15) is 11.4 Å². The highest BCUT2D eigenvalue weighted by Gasteiger charge is 2.03. The zero-order valence-corrected chi connectivity index (χ0v) is 8.01. The first kappa shape index (κ1) is 8.19. The number of aryl methyl sites for hydroxylation is 1. The van der Waals surface area contributed by atoms with Crippen molar-refractivity contribution in [3.63, 3.8) is 0 Å². The van der Waals surface area contributed by atoms with E-state index in [9.17, 15) is 0 Å². The number of hydrogen-bond acceptors (Lipinski definition) is 2. The third-order valence-corrected chi connectivity index (χ3v) is 2.16. The van der Waals surface area contributed by atoms with E-state index >= 15 is 0 Å². The molecule has 0 amide bonds. The minimum atomic E-state index is 0.336. The summed E-state index contributed by atoms with van der Waals surface area (Å²) >= 11 is 4.85. The summed E-state index contributed by atoms with van der Waals surface area (Å²) in [6, 6.07) is 5.90. The third-order valence-electron chi connectivity index (χ3n) is 1.95. The minimum Gasteiger partial charge on any atom is -0.388 e. The Labute approximate surface area is 81.2 Å². The van der Waals surface area contributed by atoms with Crippen molar-refractivity contribution in [2.24, 2.45) is 5.73 Å². The second kappa shape index (κ2) is 2.81. The number of pyridine rings is 1. The fourth-order valence-electron chi connectivity index (χ4n) is 1.27. The van der Waals surface area contributed by atoms with Crippen molar-refractivity contribution in [1.82, 2.24) is 9.38 Å². The van der Waals surface area contributed by atoms with Crippen LogP contribution in [0.5, 0.6) is 0 Å². The lowest BCUT2D eigenvalue weighted by Gasteiger charge is -1.95. The molecule has 0 aliphatic carbocycles. The maximum atomic E-state index is 5.48. The molecule has 2 N–H and O–H groups in total. The Bertz CT molecular complexity index is 473. The fraction of sp³-hybridized carbons (Fsp3) is 0.111. The Morgan fingerprint density at radius 2 is 2.31 bits per heavy atom. The first-order valence-electron chi connectivity index (χ1n) is 3.93. The van der Waals surface area contributed by atoms with E-state index in [0.29, 0.717) is 10.7 Å². The number of hydrogen-bond donors (Lipinski definition) is 1. The van der Waals surface area contributed by atoms with Gasteiger partial charge >= 0.3 is 0 Å². The van der Waals surface area contributed by atoms with Crippen molar-refractivity contribution in [1.29, 1.82) is 0 Å². The molecule has 0 saturated heterocycles. The van der Waals surface area contributed by atoms with E-state index in [1.54, 1.807) is 0 Å². The maximum Gasteiger partial charge on any atom is 0.137 e. The summed E-state index contributed by atoms with van der Waals surface area (Å²) in [7, 11) is 0. The van der Waals surface area contributed by atoms with Gasteiger partial charge in [0.15, 0.2) is 0 Å². The summed E-state index contributed by atoms with van der Waals surface area (Å²) in [5.74, 6) is 0. The van der Waals surface area contributed by atoms with Crippen LogP contribution >= 0.6 is 12.2 Å². The third kappa shape index (κ3) is 1.29. The van der Waals surface area contributed by atoms with Crippen LogP contribution in [-0.2, 0) is 0 Å². The van der Waals surface area contributed by atoms with Crippen molar-refractivity contribution in [2.45, 2.75) is 6.92 Å². The SMILES string of the molecule is Cc1cccc2nc(C(N)=S)cn12. The second-order valence-corrected chi connectivity index (χ2v) is 3.33. The van der Waals surface area contributed by atoms with Gasteiger partial charge in [-0.3, -0.25) is 0 Å². The largest absolute Gasteiger partial charge is 0.388 e. The second-order valence-electron chi connectivity index (χ2n) is 2.89. The lowest BCUT2D eigenvalue weighted by atomic mass is 10.4. The molecule has 2 aromatic heterocycles. The van der Waals surface area contributed by atoms with Crippen LogP contribution in [0.2, 0.25) is 0 Å². The van der Waals surface area contributed by atoms with Gasteiger partial charge in [0.05, 0.1) is 0 Å². The van der Waals surface area contributed by atoms with Gasteiger partial charge in [-0.1, -0.05) is 18.3 Å². The number of nitrogens with two attached hydrogens (primary N) is 1. The van der Waals surface area contributed by atoms with Crippen molar-refractivity contribution >= 4 is 22.9 Å². The molecule has 0 atom stereocenters. The van der Waals surface area contributed by atoms with Crippen LogP contribution in [0.4, 0.5) is 0 Å². The zero-order chi connectivity index (χ0) is 9.42. The van der Waals surface area contributed by atoms with Gasteiger partial charge < -0.3 is 10.1 Å². The van der Waals surface area contributed by atoms with Gasteiger partial charge in [-0.25, -0.2) is 4.98 Å². The number of thiocarbonyl (C=S) groups is 1. The van der Waals surface area contributed by atoms with E-state index in [0.717, 1.165) is 11.3 Å². The summed E-state index contributed by atoms with van der Waals surface area (Å²) in [4.78, 5) is 4.61. The monoisotopic (exact) mass is 191 g/mol. The quantitative estimate of drug-likeness (QED) is 0.690. The molecule has 0 unspecified atom stereocenters. The van der Waals surface area contributed by atoms with Crippen molar-refractivity contribution < 1.29 is 0 Å². The molecule has 2 heterocycles. The molecule has 66 valence electrons. The normalized spacial score (nSPS) is 10.5. The molecule has 2 aromatic rings. The van der Waals surface area contributed by atoms with E-state index in [2.05, 4.69) is 4.98 Å². The molecule has 0 saturated carbocycles. The minimum absolute atomic E-state index is 0.336. The highest BCUT2D eigenvalue weighted by molar-refractivity contribution is 7.80. The Balaban J connectivity index is 2.75. The Kier molecular flexibility index (Phi) is 1.77. The first-order chi connectivity index (χ1) is 6.18. The summed E-state index contributed by atoms with van der Waals surface area (Å²) < 4.78 is 1.97. The van der Waals surface area contributed by atoms with Gasteiger partial charge in [-0.2, -0.15) is 0 Å². The van der Waals surface area contributed by atoms with E-state index in [1.807, 2.05) is 35.7 Å². The smallest absolute Gasteiger partial charge is 0.137 e. The van der Waals surface area contributed by atoms with Gasteiger partial charge in [0.25, 0.3) is 0 Å². The average molecular weight is 191 g/mol. The van der Waals surface area contributed by atoms with Gasteiger partial charge in [-0.05, 0) is 19.1 Å². The molecular weight excluding hydrogens is 182 g/mol. The first-order valence-corrected chi connectivity index (χ1v) is 4.34. The average Bonchev–Trinajstić information content (AvgIpc) is 2.49. The molecule has 0 spiro atoms. The van der Waals surface area contributed by atoms with E-state index in [-0.39, 0.29) is 0 Å². The number of fused-ring (bicyclic) bond motifs is 1. The molecule has 0 aliphatic heterocycles. The number of imidazole rings is 1. The van der Waals surface area contributed by atoms with Crippen LogP contribution < -0.4 is 5.73 Å². The molecule has 0 aliphatic rings. The van der Waals surface area contributed by atoms with Crippen molar-refractivity contribution in [3.05, 3.63) is 35.8 Å². The fourth-order valence-corrected chi connectivity index (χ4v) is 1.37. The Morgan fingerprint density at radius 1 is 1.54 bits per heavy atom. The molecule has 0 fully saturated rings. The lowest BCUT2D eigenvalue weighted by molar-refractivity contribution is 1.09. The van der Waals surface area contributed by atoms with Crippen LogP contribution in [-0.4, -0.2) is 14.4 Å². The predicted octanol–water partition coefficient (Wildman–Crippen LogP) is 1.28. The van der Waals surface area contributed by atoms with Crippen LogP contribution in [0.25, 0.3) is 5.65 Å². The number of aromatic nitrogens is 2. The lowest BCUT2D eigenvalue weighted by Crippen LogP contribution is -2.09. The summed E-state index contributed by atoms with van der Waals surface area (Å²) in [5.41, 5.74) is 8.15. The topological polar surface area (TPSA) is 43.3 Å². The van der Waals surface area contributed by atoms with Crippen LogP contribution in [0, 0.1) is 6.92 Å². The van der Waals surface area contributed by atoms with E-state index < -0.39 is 0 Å². The Hall–Kier alpha value is -1.42. The molecular formula is C9H9N3S. The van der Waals surface area contributed by atoms with Gasteiger partial charge in [0.2, 0.25) is 0 Å². The highest BCUT2D eigenvalue weighted by atomic mass is 32.1. The Morgan fingerprint density at radius 3 is 2.92 bits per heavy atom. The summed E-state index contributed by atoms with van der Waals surface area (Å²) in [5, 5.41) is 0. The van der Waals surface area contributed by atoms with E-state index in [1.165, 1.54) is 0 Å². The molecule has 13 heavy (non-hydrogen) atoms. The van der Waals surface area contributed by atoms with Crippen LogP contribution in [0.15, 0.2) is 24.4 Å². The number of rotatable bonds is 1. The standard InChI is InChI=1S/C9H9N3S/c1-6-3-2-4-8-11-7(9(10)13)5-12(6)8/h2-5H,1H3,(H2,10,13). The predicted molar refractivity (Wildman–Crippen MR) is 55.8 cm³/mol.